The van der Waals surface area contributed by atoms with Gasteiger partial charge in [0.05, 0.1) is 5.92 Å². The highest BCUT2D eigenvalue weighted by Crippen LogP contribution is 2.28. The first-order valence-corrected chi connectivity index (χ1v) is 10.6. The lowest BCUT2D eigenvalue weighted by Gasteiger charge is -2.31. The summed E-state index contributed by atoms with van der Waals surface area (Å²) >= 11 is 0. The number of aryl methyl sites for hydroxylation is 2. The smallest absolute Gasteiger partial charge is 0.253 e. The molecule has 1 saturated carbocycles. The number of carbonyl (C=O) groups is 2. The molecule has 1 unspecified atom stereocenters. The molecule has 1 aliphatic carbocycles. The standard InChI is InChI=1S/C23H29N3O3/c1-14-8-16-10-17(23(29)25-20(16)9-15(14)2)12-24-22(28)18-11-21(27)26(13-18)19-6-4-3-5-7-19/h8-10,18-19H,3-7,11-13H2,1-2H3,(H,24,28)(H,25,29). The molecule has 2 fully saturated rings. The summed E-state index contributed by atoms with van der Waals surface area (Å²) in [5.74, 6) is -0.378. The second-order valence-electron chi connectivity index (χ2n) is 8.60. The van der Waals surface area contributed by atoms with E-state index in [1.807, 2.05) is 36.9 Å². The van der Waals surface area contributed by atoms with Crippen molar-refractivity contribution in [1.29, 1.82) is 0 Å². The van der Waals surface area contributed by atoms with E-state index in [0.717, 1.165) is 47.7 Å². The van der Waals surface area contributed by atoms with E-state index >= 15 is 0 Å². The van der Waals surface area contributed by atoms with Crippen LogP contribution in [-0.2, 0) is 16.1 Å². The summed E-state index contributed by atoms with van der Waals surface area (Å²) in [7, 11) is 0. The number of nitrogens with one attached hydrogen (secondary N) is 2. The van der Waals surface area contributed by atoms with Crippen LogP contribution in [0.4, 0.5) is 0 Å². The van der Waals surface area contributed by atoms with Crippen molar-refractivity contribution in [2.24, 2.45) is 5.92 Å². The van der Waals surface area contributed by atoms with Crippen molar-refractivity contribution in [2.45, 2.75) is 65.0 Å². The van der Waals surface area contributed by atoms with Crippen LogP contribution in [-0.4, -0.2) is 34.3 Å². The normalized spacial score (nSPS) is 20.4. The van der Waals surface area contributed by atoms with Crippen LogP contribution in [0.2, 0.25) is 0 Å². The average molecular weight is 396 g/mol. The lowest BCUT2D eigenvalue weighted by molar-refractivity contribution is -0.130. The molecule has 4 rings (SSSR count). The highest BCUT2D eigenvalue weighted by molar-refractivity contribution is 5.89. The molecular formula is C23H29N3O3. The third kappa shape index (κ3) is 4.07. The molecule has 29 heavy (non-hydrogen) atoms. The number of nitrogens with zero attached hydrogens (tertiary/aromatic N) is 1. The maximum Gasteiger partial charge on any atom is 0.253 e. The number of likely N-dealkylation sites (tertiary alicyclic amines) is 1. The van der Waals surface area contributed by atoms with E-state index in [1.54, 1.807) is 0 Å². The van der Waals surface area contributed by atoms with Gasteiger partial charge >= 0.3 is 0 Å². The van der Waals surface area contributed by atoms with E-state index < -0.39 is 0 Å². The van der Waals surface area contributed by atoms with Crippen molar-refractivity contribution in [3.05, 3.63) is 45.2 Å². The van der Waals surface area contributed by atoms with E-state index in [1.165, 1.54) is 6.42 Å². The second-order valence-corrected chi connectivity index (χ2v) is 8.60. The summed E-state index contributed by atoms with van der Waals surface area (Å²) < 4.78 is 0. The zero-order chi connectivity index (χ0) is 20.5. The Hall–Kier alpha value is -2.63. The first-order chi connectivity index (χ1) is 13.9. The summed E-state index contributed by atoms with van der Waals surface area (Å²) in [6.45, 7) is 4.73. The molecule has 2 aromatic rings. The van der Waals surface area contributed by atoms with Crippen LogP contribution in [0.15, 0.2) is 23.0 Å². The number of H-pyrrole nitrogens is 1. The Labute approximate surface area is 170 Å². The molecule has 0 radical (unpaired) electrons. The Morgan fingerprint density at radius 1 is 1.10 bits per heavy atom. The highest BCUT2D eigenvalue weighted by atomic mass is 16.2. The Morgan fingerprint density at radius 3 is 2.59 bits per heavy atom. The lowest BCUT2D eigenvalue weighted by atomic mass is 9.94. The van der Waals surface area contributed by atoms with Crippen LogP contribution in [0.1, 0.15) is 55.2 Å². The van der Waals surface area contributed by atoms with E-state index in [-0.39, 0.29) is 36.3 Å². The molecule has 2 aliphatic rings. The molecule has 0 spiro atoms. The van der Waals surface area contributed by atoms with Crippen molar-refractivity contribution in [1.82, 2.24) is 15.2 Å². The van der Waals surface area contributed by atoms with Gasteiger partial charge in [0.25, 0.3) is 5.56 Å². The number of fused-ring (bicyclic) bond motifs is 1. The van der Waals surface area contributed by atoms with Gasteiger partial charge < -0.3 is 15.2 Å². The number of aromatic nitrogens is 1. The van der Waals surface area contributed by atoms with Crippen molar-refractivity contribution in [2.75, 3.05) is 6.54 Å². The summed E-state index contributed by atoms with van der Waals surface area (Å²) in [6, 6.07) is 6.15. The monoisotopic (exact) mass is 395 g/mol. The van der Waals surface area contributed by atoms with Gasteiger partial charge in [-0.15, -0.1) is 0 Å². The summed E-state index contributed by atoms with van der Waals surface area (Å²) in [5, 5.41) is 3.83. The molecule has 6 nitrogen and oxygen atoms in total. The molecule has 2 N–H and O–H groups in total. The number of hydrogen-bond acceptors (Lipinski definition) is 3. The second kappa shape index (κ2) is 8.01. The van der Waals surface area contributed by atoms with Crippen molar-refractivity contribution in [3.63, 3.8) is 0 Å². The van der Waals surface area contributed by atoms with Gasteiger partial charge in [-0.3, -0.25) is 14.4 Å². The number of amides is 2. The topological polar surface area (TPSA) is 82.3 Å². The third-order valence-electron chi connectivity index (χ3n) is 6.53. The fourth-order valence-electron chi connectivity index (χ4n) is 4.63. The van der Waals surface area contributed by atoms with Gasteiger partial charge in [-0.25, -0.2) is 0 Å². The number of hydrogen-bond donors (Lipinski definition) is 2. The molecule has 0 bridgehead atoms. The van der Waals surface area contributed by atoms with Gasteiger partial charge in [0.1, 0.15) is 0 Å². The van der Waals surface area contributed by atoms with Gasteiger partial charge in [0, 0.05) is 36.6 Å². The van der Waals surface area contributed by atoms with Crippen LogP contribution in [0.25, 0.3) is 10.9 Å². The SMILES string of the molecule is Cc1cc2cc(CNC(=O)C3CC(=O)N(C4CCCCC4)C3)c(=O)[nH]c2cc1C. The van der Waals surface area contributed by atoms with Crippen LogP contribution in [0, 0.1) is 19.8 Å². The summed E-state index contributed by atoms with van der Waals surface area (Å²) in [4.78, 5) is 42.3. The molecule has 2 amide bonds. The largest absolute Gasteiger partial charge is 0.352 e. The van der Waals surface area contributed by atoms with E-state index in [4.69, 9.17) is 0 Å². The Kier molecular flexibility index (Phi) is 5.43. The molecule has 1 aromatic heterocycles. The number of pyridine rings is 1. The molecule has 1 saturated heterocycles. The van der Waals surface area contributed by atoms with Gasteiger partial charge in [-0.1, -0.05) is 19.3 Å². The fraction of sp³-hybridized carbons (Fsp3) is 0.522. The summed E-state index contributed by atoms with van der Waals surface area (Å²) in [6.07, 6.45) is 5.93. The Bertz CT molecular complexity index is 1000. The Morgan fingerprint density at radius 2 is 1.83 bits per heavy atom. The van der Waals surface area contributed by atoms with Crippen molar-refractivity contribution >= 4 is 22.7 Å². The minimum Gasteiger partial charge on any atom is -0.352 e. The molecule has 154 valence electrons. The summed E-state index contributed by atoms with van der Waals surface area (Å²) in [5.41, 5.74) is 3.43. The predicted molar refractivity (Wildman–Crippen MR) is 113 cm³/mol. The quantitative estimate of drug-likeness (QED) is 0.835. The number of benzene rings is 1. The predicted octanol–water partition coefficient (Wildman–Crippen LogP) is 2.94. The van der Waals surface area contributed by atoms with E-state index in [2.05, 4.69) is 10.3 Å². The molecule has 6 heteroatoms. The minimum absolute atomic E-state index is 0.0893. The third-order valence-corrected chi connectivity index (χ3v) is 6.53. The molecular weight excluding hydrogens is 366 g/mol. The molecule has 1 atom stereocenters. The average Bonchev–Trinajstić information content (AvgIpc) is 3.10. The molecule has 2 heterocycles. The fourth-order valence-corrected chi connectivity index (χ4v) is 4.63. The number of rotatable bonds is 4. The van der Waals surface area contributed by atoms with Crippen LogP contribution < -0.4 is 10.9 Å². The first kappa shape index (κ1) is 19.7. The van der Waals surface area contributed by atoms with Crippen LogP contribution in [0.5, 0.6) is 0 Å². The van der Waals surface area contributed by atoms with Crippen LogP contribution in [0.3, 0.4) is 0 Å². The minimum atomic E-state index is -0.325. The van der Waals surface area contributed by atoms with Crippen LogP contribution >= 0.6 is 0 Å². The van der Waals surface area contributed by atoms with Gasteiger partial charge in [-0.2, -0.15) is 0 Å². The maximum atomic E-state index is 12.7. The maximum absolute atomic E-state index is 12.7. The van der Waals surface area contributed by atoms with Crippen molar-refractivity contribution in [3.8, 4) is 0 Å². The first-order valence-electron chi connectivity index (χ1n) is 10.6. The van der Waals surface area contributed by atoms with E-state index in [9.17, 15) is 14.4 Å². The van der Waals surface area contributed by atoms with Crippen molar-refractivity contribution < 1.29 is 9.59 Å². The van der Waals surface area contributed by atoms with Gasteiger partial charge in [0.2, 0.25) is 11.8 Å². The lowest BCUT2D eigenvalue weighted by Crippen LogP contribution is -2.39. The highest BCUT2D eigenvalue weighted by Gasteiger charge is 2.38. The van der Waals surface area contributed by atoms with E-state index in [0.29, 0.717) is 18.2 Å². The molecule has 1 aliphatic heterocycles. The molecule has 1 aromatic carbocycles. The number of aromatic amines is 1. The zero-order valence-corrected chi connectivity index (χ0v) is 17.2. The zero-order valence-electron chi connectivity index (χ0n) is 17.2. The van der Waals surface area contributed by atoms with Gasteiger partial charge in [0.15, 0.2) is 0 Å². The van der Waals surface area contributed by atoms with Gasteiger partial charge in [-0.05, 0) is 61.4 Å². The number of carbonyl (C=O) groups excluding carboxylic acids is 2. The Balaban J connectivity index is 1.42.